The molecule has 3 aromatic rings. The standard InChI is InChI=1S/C16H14BrNO/c1-2-19-10-9-18-15-6-4-3-5-13(15)14-8-7-12(17)11-16(14)18/h2-8,11H,1,9-10H2. The maximum atomic E-state index is 5.27. The number of ether oxygens (including phenoxy) is 1. The van der Waals surface area contributed by atoms with Gasteiger partial charge in [0.05, 0.1) is 18.3 Å². The van der Waals surface area contributed by atoms with Gasteiger partial charge in [-0.05, 0) is 18.2 Å². The first-order chi connectivity index (χ1) is 9.31. The van der Waals surface area contributed by atoms with Crippen LogP contribution in [0.15, 0.2) is 59.8 Å². The molecule has 0 saturated carbocycles. The van der Waals surface area contributed by atoms with Gasteiger partial charge in [0.1, 0.15) is 6.61 Å². The molecule has 0 saturated heterocycles. The Labute approximate surface area is 120 Å². The summed E-state index contributed by atoms with van der Waals surface area (Å²) in [4.78, 5) is 0. The number of para-hydroxylation sites is 1. The second kappa shape index (κ2) is 5.10. The number of hydrogen-bond acceptors (Lipinski definition) is 1. The lowest BCUT2D eigenvalue weighted by atomic mass is 10.2. The molecule has 0 bridgehead atoms. The van der Waals surface area contributed by atoms with Gasteiger partial charge >= 0.3 is 0 Å². The van der Waals surface area contributed by atoms with E-state index in [-0.39, 0.29) is 0 Å². The van der Waals surface area contributed by atoms with Crippen LogP contribution in [0.4, 0.5) is 0 Å². The minimum atomic E-state index is 0.629. The highest BCUT2D eigenvalue weighted by atomic mass is 79.9. The first-order valence-corrected chi connectivity index (χ1v) is 6.99. The molecule has 2 nitrogen and oxygen atoms in total. The average molecular weight is 316 g/mol. The molecule has 0 amide bonds. The highest BCUT2D eigenvalue weighted by Gasteiger charge is 2.09. The van der Waals surface area contributed by atoms with Crippen molar-refractivity contribution in [1.82, 2.24) is 4.57 Å². The molecular formula is C16H14BrNO. The fourth-order valence-electron chi connectivity index (χ4n) is 2.49. The van der Waals surface area contributed by atoms with Gasteiger partial charge in [0.15, 0.2) is 0 Å². The number of hydrogen-bond donors (Lipinski definition) is 0. The Morgan fingerprint density at radius 2 is 1.89 bits per heavy atom. The maximum absolute atomic E-state index is 5.27. The highest BCUT2D eigenvalue weighted by molar-refractivity contribution is 9.10. The molecule has 0 fully saturated rings. The van der Waals surface area contributed by atoms with Crippen LogP contribution in [0.5, 0.6) is 0 Å². The summed E-state index contributed by atoms with van der Waals surface area (Å²) in [5.41, 5.74) is 2.46. The van der Waals surface area contributed by atoms with Crippen LogP contribution in [0.2, 0.25) is 0 Å². The zero-order valence-corrected chi connectivity index (χ0v) is 12.1. The summed E-state index contributed by atoms with van der Waals surface area (Å²) in [6.07, 6.45) is 1.49. The van der Waals surface area contributed by atoms with Crippen LogP contribution in [0.1, 0.15) is 0 Å². The summed E-state index contributed by atoms with van der Waals surface area (Å²) in [6, 6.07) is 14.9. The minimum Gasteiger partial charge on any atom is -0.500 e. The summed E-state index contributed by atoms with van der Waals surface area (Å²) in [7, 11) is 0. The number of fused-ring (bicyclic) bond motifs is 3. The Morgan fingerprint density at radius 3 is 2.74 bits per heavy atom. The van der Waals surface area contributed by atoms with E-state index in [2.05, 4.69) is 69.5 Å². The molecule has 2 aromatic carbocycles. The van der Waals surface area contributed by atoms with Crippen molar-refractivity contribution in [3.63, 3.8) is 0 Å². The zero-order valence-electron chi connectivity index (χ0n) is 10.5. The molecule has 3 heteroatoms. The molecule has 0 aliphatic carbocycles. The van der Waals surface area contributed by atoms with Crippen molar-refractivity contribution in [2.24, 2.45) is 0 Å². The predicted molar refractivity (Wildman–Crippen MR) is 83.3 cm³/mol. The normalized spacial score (nSPS) is 11.0. The summed E-state index contributed by atoms with van der Waals surface area (Å²) in [5.74, 6) is 0. The second-order valence-electron chi connectivity index (χ2n) is 4.37. The van der Waals surface area contributed by atoms with E-state index in [1.54, 1.807) is 0 Å². The summed E-state index contributed by atoms with van der Waals surface area (Å²) in [5, 5.41) is 2.56. The Morgan fingerprint density at radius 1 is 1.11 bits per heavy atom. The van der Waals surface area contributed by atoms with E-state index in [9.17, 15) is 0 Å². The third-order valence-corrected chi connectivity index (χ3v) is 3.78. The fourth-order valence-corrected chi connectivity index (χ4v) is 2.84. The molecule has 96 valence electrons. The topological polar surface area (TPSA) is 14.2 Å². The van der Waals surface area contributed by atoms with Gasteiger partial charge in [-0.2, -0.15) is 0 Å². The van der Waals surface area contributed by atoms with Crippen molar-refractivity contribution in [2.45, 2.75) is 6.54 Å². The SMILES string of the molecule is C=COCCn1c2ccccc2c2ccc(Br)cc21. The Balaban J connectivity index is 2.24. The summed E-state index contributed by atoms with van der Waals surface area (Å²) in [6.45, 7) is 5.02. The Bertz CT molecular complexity index is 745. The van der Waals surface area contributed by atoms with Crippen molar-refractivity contribution in [1.29, 1.82) is 0 Å². The summed E-state index contributed by atoms with van der Waals surface area (Å²) >= 11 is 3.54. The van der Waals surface area contributed by atoms with Crippen LogP contribution in [-0.4, -0.2) is 11.2 Å². The van der Waals surface area contributed by atoms with Crippen LogP contribution >= 0.6 is 15.9 Å². The molecule has 19 heavy (non-hydrogen) atoms. The number of benzene rings is 2. The second-order valence-corrected chi connectivity index (χ2v) is 5.28. The minimum absolute atomic E-state index is 0.629. The van der Waals surface area contributed by atoms with Gasteiger partial charge in [0, 0.05) is 20.8 Å². The van der Waals surface area contributed by atoms with Crippen molar-refractivity contribution in [2.75, 3.05) is 6.61 Å². The van der Waals surface area contributed by atoms with Crippen LogP contribution in [0.3, 0.4) is 0 Å². The van der Waals surface area contributed by atoms with E-state index < -0.39 is 0 Å². The molecule has 0 N–H and O–H groups in total. The average Bonchev–Trinajstić information content (AvgIpc) is 2.73. The molecular weight excluding hydrogens is 302 g/mol. The highest BCUT2D eigenvalue weighted by Crippen LogP contribution is 2.30. The molecule has 0 atom stereocenters. The third kappa shape index (κ3) is 2.15. The predicted octanol–water partition coefficient (Wildman–Crippen LogP) is 4.72. The van der Waals surface area contributed by atoms with Gasteiger partial charge in [-0.25, -0.2) is 0 Å². The van der Waals surface area contributed by atoms with Crippen molar-refractivity contribution < 1.29 is 4.74 Å². The van der Waals surface area contributed by atoms with E-state index in [1.807, 2.05) is 0 Å². The quantitative estimate of drug-likeness (QED) is 0.502. The monoisotopic (exact) mass is 315 g/mol. The molecule has 3 rings (SSSR count). The van der Waals surface area contributed by atoms with Crippen LogP contribution in [0.25, 0.3) is 21.8 Å². The van der Waals surface area contributed by atoms with E-state index >= 15 is 0 Å². The van der Waals surface area contributed by atoms with Gasteiger partial charge in [0.25, 0.3) is 0 Å². The number of halogens is 1. The zero-order chi connectivity index (χ0) is 13.2. The lowest BCUT2D eigenvalue weighted by molar-refractivity contribution is 0.239. The molecule has 1 heterocycles. The third-order valence-electron chi connectivity index (χ3n) is 3.29. The molecule has 0 spiro atoms. The van der Waals surface area contributed by atoms with Gasteiger partial charge in [-0.3, -0.25) is 0 Å². The Hall–Kier alpha value is -1.74. The van der Waals surface area contributed by atoms with Crippen molar-refractivity contribution in [3.05, 3.63) is 59.8 Å². The number of aromatic nitrogens is 1. The summed E-state index contributed by atoms with van der Waals surface area (Å²) < 4.78 is 8.65. The van der Waals surface area contributed by atoms with Crippen molar-refractivity contribution >= 4 is 37.7 Å². The molecule has 0 aliphatic rings. The van der Waals surface area contributed by atoms with Gasteiger partial charge in [-0.1, -0.05) is 46.8 Å². The van der Waals surface area contributed by atoms with Crippen LogP contribution in [-0.2, 0) is 11.3 Å². The van der Waals surface area contributed by atoms with E-state index in [1.165, 1.54) is 28.1 Å². The van der Waals surface area contributed by atoms with Gasteiger partial charge < -0.3 is 9.30 Å². The number of rotatable bonds is 4. The molecule has 0 unspecified atom stereocenters. The van der Waals surface area contributed by atoms with Crippen LogP contribution < -0.4 is 0 Å². The lowest BCUT2D eigenvalue weighted by Crippen LogP contribution is -2.03. The molecule has 1 aromatic heterocycles. The van der Waals surface area contributed by atoms with Gasteiger partial charge in [0.2, 0.25) is 0 Å². The van der Waals surface area contributed by atoms with E-state index in [0.717, 1.165) is 11.0 Å². The largest absolute Gasteiger partial charge is 0.500 e. The molecule has 0 radical (unpaired) electrons. The van der Waals surface area contributed by atoms with Crippen molar-refractivity contribution in [3.8, 4) is 0 Å². The number of nitrogens with zero attached hydrogens (tertiary/aromatic N) is 1. The van der Waals surface area contributed by atoms with Crippen LogP contribution in [0, 0.1) is 0 Å². The van der Waals surface area contributed by atoms with Gasteiger partial charge in [-0.15, -0.1) is 0 Å². The Kier molecular flexibility index (Phi) is 3.30. The first kappa shape index (κ1) is 12.3. The smallest absolute Gasteiger partial charge is 0.105 e. The maximum Gasteiger partial charge on any atom is 0.105 e. The lowest BCUT2D eigenvalue weighted by Gasteiger charge is -2.07. The molecule has 0 aliphatic heterocycles. The van der Waals surface area contributed by atoms with E-state index in [4.69, 9.17) is 4.74 Å². The fraction of sp³-hybridized carbons (Fsp3) is 0.125. The first-order valence-electron chi connectivity index (χ1n) is 6.20. The van der Waals surface area contributed by atoms with E-state index in [0.29, 0.717) is 6.61 Å².